The molecule has 42 heavy (non-hydrogen) atoms. The van der Waals surface area contributed by atoms with Crippen LogP contribution in [0.2, 0.25) is 0 Å². The normalized spacial score (nSPS) is 20.8. The Kier molecular flexibility index (Phi) is 8.03. The lowest BCUT2D eigenvalue weighted by Crippen LogP contribution is -2.60. The SMILES string of the molecule is O=C(O)c1sc(-c2ccc(F)cc2)cc1N1C(=O)CN(S(=O)(=O)c2ccc(N3CCCC3)nc2)CC1C1CCCCC1. The fraction of sp³-hybridized carbons (Fsp3) is 0.433. The van der Waals surface area contributed by atoms with E-state index in [9.17, 15) is 27.5 Å². The molecule has 12 heteroatoms. The van der Waals surface area contributed by atoms with Crippen molar-refractivity contribution in [1.82, 2.24) is 9.29 Å². The Morgan fingerprint density at radius 3 is 2.36 bits per heavy atom. The minimum atomic E-state index is -4.03. The van der Waals surface area contributed by atoms with Crippen LogP contribution in [0.1, 0.15) is 54.6 Å². The molecule has 3 fully saturated rings. The number of aromatic nitrogens is 1. The van der Waals surface area contributed by atoms with Crippen LogP contribution in [0, 0.1) is 11.7 Å². The molecule has 1 unspecified atom stereocenters. The molecule has 1 saturated carbocycles. The molecule has 0 spiro atoms. The summed E-state index contributed by atoms with van der Waals surface area (Å²) in [4.78, 5) is 35.0. The first-order chi connectivity index (χ1) is 20.2. The van der Waals surface area contributed by atoms with Gasteiger partial charge in [0.15, 0.2) is 0 Å². The van der Waals surface area contributed by atoms with Gasteiger partial charge in [0.1, 0.15) is 21.4 Å². The Labute approximate surface area is 248 Å². The summed E-state index contributed by atoms with van der Waals surface area (Å²) in [6.45, 7) is 1.44. The number of nitrogens with zero attached hydrogens (tertiary/aromatic N) is 4. The molecule has 222 valence electrons. The molecule has 0 bridgehead atoms. The van der Waals surface area contributed by atoms with Crippen LogP contribution in [0.4, 0.5) is 15.9 Å². The van der Waals surface area contributed by atoms with Crippen molar-refractivity contribution in [1.29, 1.82) is 0 Å². The number of aromatic carboxylic acids is 1. The maximum absolute atomic E-state index is 13.9. The zero-order chi connectivity index (χ0) is 29.4. The summed E-state index contributed by atoms with van der Waals surface area (Å²) in [6.07, 6.45) is 8.18. The third kappa shape index (κ3) is 5.55. The van der Waals surface area contributed by atoms with E-state index in [1.807, 2.05) is 0 Å². The van der Waals surface area contributed by atoms with Gasteiger partial charge < -0.3 is 14.9 Å². The van der Waals surface area contributed by atoms with Crippen molar-refractivity contribution >= 4 is 44.7 Å². The number of halogens is 1. The molecule has 0 radical (unpaired) electrons. The number of sulfonamides is 1. The minimum Gasteiger partial charge on any atom is -0.477 e. The van der Waals surface area contributed by atoms with Gasteiger partial charge in [0.25, 0.3) is 0 Å². The van der Waals surface area contributed by atoms with E-state index in [1.165, 1.54) is 27.5 Å². The third-order valence-corrected chi connectivity index (χ3v) is 11.5. The van der Waals surface area contributed by atoms with Gasteiger partial charge in [-0.3, -0.25) is 4.79 Å². The lowest BCUT2D eigenvalue weighted by Gasteiger charge is -2.44. The number of carboxylic acids is 1. The summed E-state index contributed by atoms with van der Waals surface area (Å²) in [7, 11) is -4.03. The first kappa shape index (κ1) is 28.8. The van der Waals surface area contributed by atoms with Gasteiger partial charge in [-0.25, -0.2) is 22.6 Å². The van der Waals surface area contributed by atoms with Crippen LogP contribution in [-0.2, 0) is 14.8 Å². The van der Waals surface area contributed by atoms with E-state index in [1.54, 1.807) is 30.3 Å². The number of piperazine rings is 1. The standard InChI is InChI=1S/C30H33FN4O5S2/c31-22-10-8-21(9-11-22)26-16-24(29(41-26)30(37)38)35-25(20-6-2-1-3-7-20)18-34(19-28(35)36)42(39,40)23-12-13-27(32-17-23)33-14-4-5-15-33/h8-13,16-17,20,25H,1-7,14-15,18-19H2,(H,37,38). The van der Waals surface area contributed by atoms with Crippen molar-refractivity contribution in [3.05, 3.63) is 59.4 Å². The predicted octanol–water partition coefficient (Wildman–Crippen LogP) is 5.23. The molecule has 1 aromatic carbocycles. The molecule has 2 aliphatic heterocycles. The van der Waals surface area contributed by atoms with Crippen LogP contribution >= 0.6 is 11.3 Å². The highest BCUT2D eigenvalue weighted by Crippen LogP contribution is 2.42. The lowest BCUT2D eigenvalue weighted by molar-refractivity contribution is -0.121. The van der Waals surface area contributed by atoms with Gasteiger partial charge in [-0.1, -0.05) is 31.4 Å². The summed E-state index contributed by atoms with van der Waals surface area (Å²) >= 11 is 1.03. The topological polar surface area (TPSA) is 111 Å². The summed E-state index contributed by atoms with van der Waals surface area (Å²) in [6, 6.07) is 10.2. The van der Waals surface area contributed by atoms with Crippen LogP contribution in [0.5, 0.6) is 0 Å². The fourth-order valence-corrected chi connectivity index (χ4v) is 8.77. The van der Waals surface area contributed by atoms with Gasteiger partial charge in [0, 0.05) is 30.7 Å². The summed E-state index contributed by atoms with van der Waals surface area (Å²) in [5.41, 5.74) is 0.906. The lowest BCUT2D eigenvalue weighted by atomic mass is 9.82. The van der Waals surface area contributed by atoms with Crippen molar-refractivity contribution in [2.75, 3.05) is 36.0 Å². The number of amides is 1. The van der Waals surface area contributed by atoms with Crippen molar-refractivity contribution in [3.63, 3.8) is 0 Å². The summed E-state index contributed by atoms with van der Waals surface area (Å²) < 4.78 is 42.4. The number of carboxylic acid groups (broad SMARTS) is 1. The van der Waals surface area contributed by atoms with Gasteiger partial charge in [0.2, 0.25) is 15.9 Å². The Hall–Kier alpha value is -3.35. The smallest absolute Gasteiger partial charge is 0.348 e. The molecule has 3 aromatic rings. The number of anilines is 2. The third-order valence-electron chi connectivity index (χ3n) is 8.58. The van der Waals surface area contributed by atoms with Gasteiger partial charge >= 0.3 is 5.97 Å². The Morgan fingerprint density at radius 2 is 1.71 bits per heavy atom. The molecule has 1 N–H and O–H groups in total. The highest BCUT2D eigenvalue weighted by molar-refractivity contribution is 7.89. The second kappa shape index (κ2) is 11.7. The molecule has 2 aromatic heterocycles. The number of hydrogen-bond acceptors (Lipinski definition) is 7. The van der Waals surface area contributed by atoms with Crippen molar-refractivity contribution in [2.45, 2.75) is 55.9 Å². The first-order valence-electron chi connectivity index (χ1n) is 14.4. The van der Waals surface area contributed by atoms with E-state index >= 15 is 0 Å². The molecule has 2 saturated heterocycles. The number of thiophene rings is 1. The molecule has 1 atom stereocenters. The van der Waals surface area contributed by atoms with Gasteiger partial charge in [-0.05, 0) is 67.5 Å². The van der Waals surface area contributed by atoms with Crippen LogP contribution in [0.15, 0.2) is 53.6 Å². The Balaban J connectivity index is 1.34. The number of pyridine rings is 1. The monoisotopic (exact) mass is 612 g/mol. The highest BCUT2D eigenvalue weighted by Gasteiger charge is 2.44. The zero-order valence-electron chi connectivity index (χ0n) is 23.1. The van der Waals surface area contributed by atoms with Crippen molar-refractivity contribution in [3.8, 4) is 10.4 Å². The maximum atomic E-state index is 13.9. The summed E-state index contributed by atoms with van der Waals surface area (Å²) in [5.74, 6) is -1.28. The fourth-order valence-electron chi connectivity index (χ4n) is 6.42. The molecule has 3 aliphatic rings. The number of benzene rings is 1. The maximum Gasteiger partial charge on any atom is 0.348 e. The number of carbonyl (C=O) groups excluding carboxylic acids is 1. The molecular weight excluding hydrogens is 579 g/mol. The predicted molar refractivity (Wildman–Crippen MR) is 159 cm³/mol. The van der Waals surface area contributed by atoms with Crippen LogP contribution in [0.25, 0.3) is 10.4 Å². The zero-order valence-corrected chi connectivity index (χ0v) is 24.7. The van der Waals surface area contributed by atoms with Crippen LogP contribution in [-0.4, -0.2) is 66.9 Å². The largest absolute Gasteiger partial charge is 0.477 e. The van der Waals surface area contributed by atoms with Crippen LogP contribution in [0.3, 0.4) is 0 Å². The molecular formula is C30H33FN4O5S2. The van der Waals surface area contributed by atoms with E-state index in [0.717, 1.165) is 75.2 Å². The van der Waals surface area contributed by atoms with E-state index in [2.05, 4.69) is 9.88 Å². The number of rotatable bonds is 7. The van der Waals surface area contributed by atoms with E-state index < -0.39 is 40.3 Å². The van der Waals surface area contributed by atoms with E-state index in [4.69, 9.17) is 0 Å². The van der Waals surface area contributed by atoms with Crippen LogP contribution < -0.4 is 9.80 Å². The number of carbonyl (C=O) groups is 2. The van der Waals surface area contributed by atoms with E-state index in [0.29, 0.717) is 10.4 Å². The Morgan fingerprint density at radius 1 is 1.00 bits per heavy atom. The first-order valence-corrected chi connectivity index (χ1v) is 16.6. The van der Waals surface area contributed by atoms with Crippen molar-refractivity contribution < 1.29 is 27.5 Å². The molecule has 6 rings (SSSR count). The summed E-state index contributed by atoms with van der Waals surface area (Å²) in [5, 5.41) is 10.1. The van der Waals surface area contributed by atoms with Gasteiger partial charge in [-0.15, -0.1) is 11.3 Å². The van der Waals surface area contributed by atoms with E-state index in [-0.39, 0.29) is 27.9 Å². The van der Waals surface area contributed by atoms with Crippen molar-refractivity contribution in [2.24, 2.45) is 5.92 Å². The highest BCUT2D eigenvalue weighted by atomic mass is 32.2. The molecule has 4 heterocycles. The minimum absolute atomic E-state index is 0.00138. The average Bonchev–Trinajstić information content (AvgIpc) is 3.69. The second-order valence-electron chi connectivity index (χ2n) is 11.2. The molecule has 9 nitrogen and oxygen atoms in total. The quantitative estimate of drug-likeness (QED) is 0.389. The Bertz CT molecular complexity index is 1560. The number of hydrogen-bond donors (Lipinski definition) is 1. The van der Waals surface area contributed by atoms with Gasteiger partial charge in [-0.2, -0.15) is 4.31 Å². The van der Waals surface area contributed by atoms with Gasteiger partial charge in [0.05, 0.1) is 18.3 Å². The molecule has 1 amide bonds. The average molecular weight is 613 g/mol. The molecule has 1 aliphatic carbocycles. The second-order valence-corrected chi connectivity index (χ2v) is 14.2.